The van der Waals surface area contributed by atoms with Gasteiger partial charge in [-0.3, -0.25) is 4.79 Å². The molecule has 0 spiro atoms. The Morgan fingerprint density at radius 3 is 3.00 bits per heavy atom. The predicted molar refractivity (Wildman–Crippen MR) is 81.9 cm³/mol. The number of carbonyl (C=O) groups is 1. The maximum absolute atomic E-state index is 11.4. The van der Waals surface area contributed by atoms with Crippen LogP contribution in [0, 0.1) is 12.8 Å². The van der Waals surface area contributed by atoms with Crippen molar-refractivity contribution in [3.8, 4) is 10.7 Å². The molecule has 3 heterocycles. The fourth-order valence-corrected chi connectivity index (χ4v) is 3.44. The molecule has 0 unspecified atom stereocenters. The van der Waals surface area contributed by atoms with Crippen LogP contribution in [-0.4, -0.2) is 38.8 Å². The predicted octanol–water partition coefficient (Wildman–Crippen LogP) is 2.32. The molecule has 2 aromatic rings. The molecule has 1 amide bonds. The smallest absolute Gasteiger partial charge is 0.219 e. The van der Waals surface area contributed by atoms with E-state index in [2.05, 4.69) is 15.0 Å². The summed E-state index contributed by atoms with van der Waals surface area (Å²) in [6.07, 6.45) is 3.55. The molecule has 21 heavy (non-hydrogen) atoms. The first kappa shape index (κ1) is 14.1. The lowest BCUT2D eigenvalue weighted by Gasteiger charge is -2.13. The molecule has 2 aromatic heterocycles. The maximum Gasteiger partial charge on any atom is 0.219 e. The van der Waals surface area contributed by atoms with Gasteiger partial charge < -0.3 is 4.90 Å². The molecule has 1 fully saturated rings. The number of thiazole rings is 1. The Labute approximate surface area is 128 Å². The Morgan fingerprint density at radius 2 is 2.33 bits per heavy atom. The number of nitrogens with zero attached hydrogens (tertiary/aromatic N) is 4. The molecule has 3 rings (SSSR count). The van der Waals surface area contributed by atoms with Crippen molar-refractivity contribution >= 4 is 17.2 Å². The number of aryl methyl sites for hydroxylation is 1. The number of likely N-dealkylation sites (tertiary alicyclic amines) is 1. The number of amides is 1. The Hall–Kier alpha value is -1.82. The summed E-state index contributed by atoms with van der Waals surface area (Å²) in [7, 11) is 0. The normalized spacial score (nSPS) is 18.2. The number of hydrogen-bond donors (Lipinski definition) is 0. The third-order valence-corrected chi connectivity index (χ3v) is 4.77. The average Bonchev–Trinajstić information content (AvgIpc) is 3.08. The van der Waals surface area contributed by atoms with Gasteiger partial charge in [0.15, 0.2) is 0 Å². The zero-order valence-corrected chi connectivity index (χ0v) is 13.1. The summed E-state index contributed by atoms with van der Waals surface area (Å²) in [6.45, 7) is 5.32. The first-order chi connectivity index (χ1) is 10.1. The van der Waals surface area contributed by atoms with Crippen molar-refractivity contribution in [2.45, 2.75) is 26.7 Å². The van der Waals surface area contributed by atoms with Crippen LogP contribution in [0.15, 0.2) is 17.8 Å². The summed E-state index contributed by atoms with van der Waals surface area (Å²) in [4.78, 5) is 26.4. The van der Waals surface area contributed by atoms with Crippen molar-refractivity contribution in [2.75, 3.05) is 13.1 Å². The van der Waals surface area contributed by atoms with Crippen molar-refractivity contribution in [1.82, 2.24) is 19.9 Å². The highest BCUT2D eigenvalue weighted by Gasteiger charge is 2.24. The van der Waals surface area contributed by atoms with Crippen LogP contribution in [0.25, 0.3) is 10.7 Å². The Balaban J connectivity index is 1.71. The van der Waals surface area contributed by atoms with Crippen LogP contribution in [0.2, 0.25) is 0 Å². The van der Waals surface area contributed by atoms with Gasteiger partial charge in [0.2, 0.25) is 5.91 Å². The molecule has 0 N–H and O–H groups in total. The quantitative estimate of drug-likeness (QED) is 0.873. The fraction of sp³-hybridized carbons (Fsp3) is 0.467. The van der Waals surface area contributed by atoms with Crippen LogP contribution >= 0.6 is 11.3 Å². The van der Waals surface area contributed by atoms with Gasteiger partial charge >= 0.3 is 0 Å². The van der Waals surface area contributed by atoms with Crippen LogP contribution in [0.3, 0.4) is 0 Å². The van der Waals surface area contributed by atoms with E-state index in [0.29, 0.717) is 5.92 Å². The summed E-state index contributed by atoms with van der Waals surface area (Å²) in [5, 5.41) is 2.96. The van der Waals surface area contributed by atoms with Gasteiger partial charge in [0.1, 0.15) is 17.0 Å². The molecule has 1 aliphatic rings. The average molecular weight is 302 g/mol. The van der Waals surface area contributed by atoms with Crippen LogP contribution in [0.1, 0.15) is 24.7 Å². The van der Waals surface area contributed by atoms with E-state index in [0.717, 1.165) is 48.0 Å². The summed E-state index contributed by atoms with van der Waals surface area (Å²) >= 11 is 1.60. The number of rotatable bonds is 3. The third-order valence-electron chi connectivity index (χ3n) is 3.79. The maximum atomic E-state index is 11.4. The minimum Gasteiger partial charge on any atom is -0.343 e. The minimum atomic E-state index is 0.166. The molecule has 6 heteroatoms. The van der Waals surface area contributed by atoms with E-state index in [9.17, 15) is 4.79 Å². The van der Waals surface area contributed by atoms with Crippen molar-refractivity contribution < 1.29 is 4.79 Å². The Bertz CT molecular complexity index is 655. The Morgan fingerprint density at radius 1 is 1.48 bits per heavy atom. The second-order valence-corrected chi connectivity index (χ2v) is 6.37. The second kappa shape index (κ2) is 5.89. The van der Waals surface area contributed by atoms with Gasteiger partial charge in [0.25, 0.3) is 0 Å². The fourth-order valence-electron chi connectivity index (χ4n) is 2.68. The molecule has 0 aliphatic carbocycles. The van der Waals surface area contributed by atoms with E-state index in [1.54, 1.807) is 24.6 Å². The number of carbonyl (C=O) groups excluding carboxylic acids is 1. The lowest BCUT2D eigenvalue weighted by atomic mass is 10.0. The molecule has 0 saturated carbocycles. The standard InChI is InChI=1S/C15H18N4OS/c1-10-8-21-15(18-10)14-6-13(16-9-17-14)5-12-3-4-19(7-12)11(2)20/h6,8-9,12H,3-5,7H2,1-2H3/t12-/m1/s1. The lowest BCUT2D eigenvalue weighted by molar-refractivity contribution is -0.127. The molecule has 110 valence electrons. The third kappa shape index (κ3) is 3.26. The van der Waals surface area contributed by atoms with Gasteiger partial charge in [-0.1, -0.05) is 0 Å². The van der Waals surface area contributed by atoms with Crippen LogP contribution < -0.4 is 0 Å². The van der Waals surface area contributed by atoms with E-state index >= 15 is 0 Å². The lowest BCUT2D eigenvalue weighted by Crippen LogP contribution is -2.26. The zero-order chi connectivity index (χ0) is 14.8. The first-order valence-electron chi connectivity index (χ1n) is 7.11. The Kier molecular flexibility index (Phi) is 3.96. The molecule has 0 aromatic carbocycles. The monoisotopic (exact) mass is 302 g/mol. The van der Waals surface area contributed by atoms with Crippen molar-refractivity contribution in [2.24, 2.45) is 5.92 Å². The van der Waals surface area contributed by atoms with Crippen LogP contribution in [-0.2, 0) is 11.2 Å². The summed E-state index contributed by atoms with van der Waals surface area (Å²) in [5.74, 6) is 0.661. The molecular weight excluding hydrogens is 284 g/mol. The van der Waals surface area contributed by atoms with Crippen molar-refractivity contribution in [1.29, 1.82) is 0 Å². The van der Waals surface area contributed by atoms with Crippen LogP contribution in [0.4, 0.5) is 0 Å². The first-order valence-corrected chi connectivity index (χ1v) is 7.98. The summed E-state index contributed by atoms with van der Waals surface area (Å²) < 4.78 is 0. The second-order valence-electron chi connectivity index (χ2n) is 5.51. The highest BCUT2D eigenvalue weighted by atomic mass is 32.1. The van der Waals surface area contributed by atoms with E-state index in [1.165, 1.54) is 0 Å². The van der Waals surface area contributed by atoms with E-state index in [4.69, 9.17) is 0 Å². The highest BCUT2D eigenvalue weighted by molar-refractivity contribution is 7.13. The van der Waals surface area contributed by atoms with Crippen molar-refractivity contribution in [3.05, 3.63) is 29.2 Å². The van der Waals surface area contributed by atoms with Crippen molar-refractivity contribution in [3.63, 3.8) is 0 Å². The molecule has 0 bridgehead atoms. The molecular formula is C15H18N4OS. The van der Waals surface area contributed by atoms with Gasteiger partial charge in [-0.2, -0.15) is 0 Å². The van der Waals surface area contributed by atoms with E-state index in [1.807, 2.05) is 23.3 Å². The number of aromatic nitrogens is 3. The van der Waals surface area contributed by atoms with E-state index in [-0.39, 0.29) is 5.91 Å². The zero-order valence-electron chi connectivity index (χ0n) is 12.2. The van der Waals surface area contributed by atoms with Gasteiger partial charge in [-0.15, -0.1) is 11.3 Å². The molecule has 1 saturated heterocycles. The molecule has 1 aliphatic heterocycles. The number of hydrogen-bond acceptors (Lipinski definition) is 5. The molecule has 1 atom stereocenters. The minimum absolute atomic E-state index is 0.166. The van der Waals surface area contributed by atoms with Crippen LogP contribution in [0.5, 0.6) is 0 Å². The molecule has 0 radical (unpaired) electrons. The molecule has 5 nitrogen and oxygen atoms in total. The van der Waals surface area contributed by atoms with Gasteiger partial charge in [-0.25, -0.2) is 15.0 Å². The van der Waals surface area contributed by atoms with E-state index < -0.39 is 0 Å². The van der Waals surface area contributed by atoms with Gasteiger partial charge in [0.05, 0.1) is 0 Å². The van der Waals surface area contributed by atoms with Gasteiger partial charge in [0, 0.05) is 36.8 Å². The summed E-state index contributed by atoms with van der Waals surface area (Å²) in [6, 6.07) is 2.02. The largest absolute Gasteiger partial charge is 0.343 e. The topological polar surface area (TPSA) is 59.0 Å². The summed E-state index contributed by atoms with van der Waals surface area (Å²) in [5.41, 5.74) is 2.94. The SMILES string of the molecule is CC(=O)N1CC[C@H](Cc2cc(-c3nc(C)cs3)ncn2)C1. The highest BCUT2D eigenvalue weighted by Crippen LogP contribution is 2.24. The van der Waals surface area contributed by atoms with Gasteiger partial charge in [-0.05, 0) is 31.7 Å².